The first kappa shape index (κ1) is 45.1. The van der Waals surface area contributed by atoms with Gasteiger partial charge in [-0.1, -0.05) is 0 Å². The van der Waals surface area contributed by atoms with E-state index in [9.17, 15) is 128 Å². The summed E-state index contributed by atoms with van der Waals surface area (Å²) in [4.78, 5) is 2.96. The molecule has 1 rings (SSSR count). The summed E-state index contributed by atoms with van der Waals surface area (Å²) in [5.41, 5.74) is -27.7. The lowest BCUT2D eigenvalue weighted by molar-refractivity contribution is -0.454. The van der Waals surface area contributed by atoms with E-state index in [4.69, 9.17) is 0 Å². The van der Waals surface area contributed by atoms with Crippen molar-refractivity contribution in [3.05, 3.63) is 34.9 Å². The molecular weight excluding hydrogens is 811 g/mol. The highest BCUT2D eigenvalue weighted by Crippen LogP contribution is 2.65. The molecule has 2 nitrogen and oxygen atoms in total. The molecule has 0 atom stereocenters. The lowest BCUT2D eigenvalue weighted by Crippen LogP contribution is -2.72. The Kier molecular flexibility index (Phi) is 10.7. The molecular formula is C19H3F29O2. The van der Waals surface area contributed by atoms with Crippen molar-refractivity contribution in [2.45, 2.75) is 77.6 Å². The van der Waals surface area contributed by atoms with Crippen LogP contribution in [0.25, 0.3) is 0 Å². The first-order valence-corrected chi connectivity index (χ1v) is 10.8. The van der Waals surface area contributed by atoms with E-state index in [-0.39, 0.29) is 0 Å². The topological polar surface area (TPSA) is 18.5 Å². The SMILES string of the molecule is FOC(c1cc(C(F)(F)C(F)(F)C(F)(F)C(F)(F)C(F)(F)C(F)(F)C(F)(F)F)cc(C(OF)(C(F)(F)F)C(F)(F)F)c1)(C(F)(F)F)C(F)(F)F. The van der Waals surface area contributed by atoms with Crippen molar-refractivity contribution in [3.63, 3.8) is 0 Å². The Hall–Kier alpha value is -2.89. The van der Waals surface area contributed by atoms with Crippen LogP contribution >= 0.6 is 0 Å². The minimum absolute atomic E-state index is 1.48. The fraction of sp³-hybridized carbons (Fsp3) is 0.684. The average molecular weight is 814 g/mol. The Morgan fingerprint density at radius 1 is 0.280 bits per heavy atom. The normalized spacial score (nSPS) is 16.3. The summed E-state index contributed by atoms with van der Waals surface area (Å²) in [5.74, 6) is -53.7. The van der Waals surface area contributed by atoms with Crippen LogP contribution in [0.3, 0.4) is 0 Å². The number of alkyl halides is 27. The number of rotatable bonds is 10. The first-order chi connectivity index (χ1) is 21.4. The molecule has 31 heteroatoms. The standard InChI is InChI=1S/C19H3F29O2/c20-9(21,10(22,23)11(24,25)12(26,27)13(28,29)14(30,31)19(44,45)46)6-2-4(7(49-47,15(32,33)34)16(35,36)37)1-5(3-6)8(50-48,17(38,39)40)18(41,42)43/h1-3H. The van der Waals surface area contributed by atoms with Gasteiger partial charge in [0.05, 0.1) is 0 Å². The summed E-state index contributed by atoms with van der Waals surface area (Å²) < 4.78 is 391. The molecule has 0 unspecified atom stereocenters. The van der Waals surface area contributed by atoms with E-state index in [2.05, 4.69) is 0 Å². The van der Waals surface area contributed by atoms with Gasteiger partial charge in [-0.15, -0.1) is 0 Å². The summed E-state index contributed by atoms with van der Waals surface area (Å²) in [6.07, 6.45) is -39.6. The minimum atomic E-state index is -9.28. The fourth-order valence-corrected chi connectivity index (χ4v) is 3.60. The van der Waals surface area contributed by atoms with Crippen LogP contribution < -0.4 is 0 Å². The quantitative estimate of drug-likeness (QED) is 0.219. The highest BCUT2D eigenvalue weighted by atomic mass is 19.4. The van der Waals surface area contributed by atoms with Gasteiger partial charge in [-0.2, -0.15) is 128 Å². The number of halogens is 29. The first-order valence-electron chi connectivity index (χ1n) is 10.8. The van der Waals surface area contributed by atoms with E-state index in [1.54, 1.807) is 0 Å². The van der Waals surface area contributed by atoms with Crippen LogP contribution in [-0.4, -0.2) is 60.5 Å². The summed E-state index contributed by atoms with van der Waals surface area (Å²) in [5, 5.41) is 0. The zero-order valence-corrected chi connectivity index (χ0v) is 21.5. The summed E-state index contributed by atoms with van der Waals surface area (Å²) >= 11 is 0. The Labute approximate surface area is 251 Å². The van der Waals surface area contributed by atoms with Crippen LogP contribution in [0.4, 0.5) is 128 Å². The molecule has 0 aliphatic carbocycles. The lowest BCUT2D eigenvalue weighted by Gasteiger charge is -2.42. The van der Waals surface area contributed by atoms with E-state index in [1.807, 2.05) is 0 Å². The molecule has 0 bridgehead atoms. The smallest absolute Gasteiger partial charge is 0.194 e. The molecule has 0 radical (unpaired) electrons. The Morgan fingerprint density at radius 2 is 0.500 bits per heavy atom. The number of benzene rings is 1. The zero-order chi connectivity index (χ0) is 40.8. The molecule has 0 saturated heterocycles. The molecule has 0 aromatic heterocycles. The van der Waals surface area contributed by atoms with Crippen LogP contribution in [0, 0.1) is 0 Å². The van der Waals surface area contributed by atoms with Crippen molar-refractivity contribution in [3.8, 4) is 0 Å². The fourth-order valence-electron chi connectivity index (χ4n) is 3.60. The molecule has 50 heavy (non-hydrogen) atoms. The second kappa shape index (κ2) is 11.8. The molecule has 0 heterocycles. The second-order valence-corrected chi connectivity index (χ2v) is 9.25. The molecule has 0 aliphatic heterocycles. The Balaban J connectivity index is 4.66. The van der Waals surface area contributed by atoms with E-state index >= 15 is 0 Å². The third-order valence-electron chi connectivity index (χ3n) is 6.26. The third kappa shape index (κ3) is 5.79. The highest BCUT2D eigenvalue weighted by molar-refractivity contribution is 5.43. The minimum Gasteiger partial charge on any atom is -0.194 e. The highest BCUT2D eigenvalue weighted by Gasteiger charge is 2.93. The van der Waals surface area contributed by atoms with E-state index in [0.29, 0.717) is 0 Å². The molecule has 294 valence electrons. The van der Waals surface area contributed by atoms with Crippen LogP contribution in [-0.2, 0) is 27.0 Å². The maximum Gasteiger partial charge on any atom is 0.460 e. The lowest BCUT2D eigenvalue weighted by atomic mass is 9.81. The van der Waals surface area contributed by atoms with Gasteiger partial charge in [-0.3, -0.25) is 0 Å². The predicted octanol–water partition coefficient (Wildman–Crippen LogP) is 11.0. The van der Waals surface area contributed by atoms with E-state index in [0.717, 1.165) is 0 Å². The Morgan fingerprint density at radius 3 is 0.720 bits per heavy atom. The van der Waals surface area contributed by atoms with E-state index in [1.165, 1.54) is 9.88 Å². The molecule has 0 spiro atoms. The van der Waals surface area contributed by atoms with Crippen molar-refractivity contribution >= 4 is 0 Å². The maximum atomic E-state index is 14.8. The molecule has 0 aliphatic rings. The van der Waals surface area contributed by atoms with Crippen molar-refractivity contribution in [1.82, 2.24) is 0 Å². The number of hydrogen-bond donors (Lipinski definition) is 0. The van der Waals surface area contributed by atoms with Gasteiger partial charge in [0.15, 0.2) is 0 Å². The summed E-state index contributed by atoms with van der Waals surface area (Å²) in [7, 11) is 0. The van der Waals surface area contributed by atoms with Crippen molar-refractivity contribution in [1.29, 1.82) is 0 Å². The summed E-state index contributed by atoms with van der Waals surface area (Å²) in [6.45, 7) is 0. The molecule has 0 N–H and O–H groups in total. The van der Waals surface area contributed by atoms with Gasteiger partial charge < -0.3 is 0 Å². The summed E-state index contributed by atoms with van der Waals surface area (Å²) in [6, 6.07) is -6.85. The maximum absolute atomic E-state index is 14.8. The Bertz CT molecular complexity index is 1280. The second-order valence-electron chi connectivity index (χ2n) is 9.25. The molecule has 1 aromatic rings. The number of hydrogen-bond acceptors (Lipinski definition) is 2. The van der Waals surface area contributed by atoms with Crippen molar-refractivity contribution in [2.24, 2.45) is 0 Å². The molecule has 0 fully saturated rings. The predicted molar refractivity (Wildman–Crippen MR) is 93.1 cm³/mol. The third-order valence-corrected chi connectivity index (χ3v) is 6.26. The van der Waals surface area contributed by atoms with Crippen LogP contribution in [0.2, 0.25) is 0 Å². The molecule has 0 saturated carbocycles. The van der Waals surface area contributed by atoms with Gasteiger partial charge in [0.2, 0.25) is 0 Å². The average Bonchev–Trinajstić information content (AvgIpc) is 2.85. The van der Waals surface area contributed by atoms with Gasteiger partial charge in [-0.25, -0.2) is 0 Å². The largest absolute Gasteiger partial charge is 0.460 e. The molecule has 1 aromatic carbocycles. The monoisotopic (exact) mass is 814 g/mol. The van der Waals surface area contributed by atoms with Crippen molar-refractivity contribution in [2.75, 3.05) is 0 Å². The van der Waals surface area contributed by atoms with Crippen LogP contribution in [0.1, 0.15) is 16.7 Å². The van der Waals surface area contributed by atoms with Crippen LogP contribution in [0.15, 0.2) is 18.2 Å². The molecule has 0 amide bonds. The van der Waals surface area contributed by atoms with E-state index < -0.39 is 113 Å². The van der Waals surface area contributed by atoms with Crippen LogP contribution in [0.5, 0.6) is 0 Å². The van der Waals surface area contributed by atoms with Gasteiger partial charge >= 0.3 is 77.6 Å². The van der Waals surface area contributed by atoms with Gasteiger partial charge in [-0.05, 0) is 27.3 Å². The van der Waals surface area contributed by atoms with Gasteiger partial charge in [0, 0.05) is 16.7 Å². The van der Waals surface area contributed by atoms with Crippen molar-refractivity contribution < 1.29 is 137 Å². The zero-order valence-electron chi connectivity index (χ0n) is 21.5. The van der Waals surface area contributed by atoms with Gasteiger partial charge in [0.25, 0.3) is 0 Å². The van der Waals surface area contributed by atoms with Gasteiger partial charge in [0.1, 0.15) is 0 Å².